The lowest BCUT2D eigenvalue weighted by atomic mass is 10.1. The highest BCUT2D eigenvalue weighted by Crippen LogP contribution is 2.37. The Morgan fingerprint density at radius 1 is 1.19 bits per heavy atom. The molecule has 1 saturated heterocycles. The summed E-state index contributed by atoms with van der Waals surface area (Å²) in [7, 11) is 0. The summed E-state index contributed by atoms with van der Waals surface area (Å²) in [6, 6.07) is 5.61. The van der Waals surface area contributed by atoms with Crippen LogP contribution < -0.4 is 14.5 Å². The van der Waals surface area contributed by atoms with Crippen LogP contribution in [-0.4, -0.2) is 65.2 Å². The first kappa shape index (κ1) is 18.3. The largest absolute Gasteiger partial charge is 0.489 e. The van der Waals surface area contributed by atoms with E-state index in [-0.39, 0.29) is 6.04 Å². The second kappa shape index (κ2) is 7.50. The molecule has 2 aliphatic heterocycles. The summed E-state index contributed by atoms with van der Waals surface area (Å²) in [6.07, 6.45) is 2.88. The number of anilines is 2. The van der Waals surface area contributed by atoms with Gasteiger partial charge in [0.15, 0.2) is 6.35 Å². The molecule has 1 fully saturated rings. The number of hydrogen-bond donors (Lipinski definition) is 1. The van der Waals surface area contributed by atoms with Crippen LogP contribution >= 0.6 is 11.6 Å². The molecule has 2 aliphatic rings. The van der Waals surface area contributed by atoms with Gasteiger partial charge in [-0.05, 0) is 26.0 Å². The summed E-state index contributed by atoms with van der Waals surface area (Å²) in [6.45, 7) is 7.57. The molecule has 1 N–H and O–H groups in total. The first-order chi connectivity index (χ1) is 13.0. The maximum atomic E-state index is 11.1. The lowest BCUT2D eigenvalue weighted by Crippen LogP contribution is -2.59. The highest BCUT2D eigenvalue weighted by Gasteiger charge is 2.34. The van der Waals surface area contributed by atoms with Crippen LogP contribution in [0.5, 0.6) is 5.75 Å². The Balaban J connectivity index is 1.46. The lowest BCUT2D eigenvalue weighted by molar-refractivity contribution is -0.0123. The average molecular weight is 390 g/mol. The molecule has 0 bridgehead atoms. The van der Waals surface area contributed by atoms with E-state index in [0.717, 1.165) is 43.4 Å². The maximum Gasteiger partial charge on any atom is 0.187 e. The monoisotopic (exact) mass is 389 g/mol. The minimum atomic E-state index is -0.713. The van der Waals surface area contributed by atoms with Gasteiger partial charge in [0.1, 0.15) is 18.2 Å². The van der Waals surface area contributed by atoms with Gasteiger partial charge in [-0.3, -0.25) is 9.88 Å². The summed E-state index contributed by atoms with van der Waals surface area (Å²) >= 11 is 6.09. The van der Waals surface area contributed by atoms with E-state index < -0.39 is 6.35 Å². The van der Waals surface area contributed by atoms with E-state index >= 15 is 0 Å². The van der Waals surface area contributed by atoms with Crippen molar-refractivity contribution in [3.05, 3.63) is 41.3 Å². The summed E-state index contributed by atoms with van der Waals surface area (Å²) in [5, 5.41) is 11.7. The number of piperazine rings is 1. The fraction of sp³-hybridized carbons (Fsp3) is 0.474. The number of aliphatic hydroxyl groups excluding tert-OH is 1. The van der Waals surface area contributed by atoms with Gasteiger partial charge < -0.3 is 19.6 Å². The summed E-state index contributed by atoms with van der Waals surface area (Å²) in [4.78, 5) is 15.1. The van der Waals surface area contributed by atoms with Crippen molar-refractivity contribution >= 4 is 23.1 Å². The summed E-state index contributed by atoms with van der Waals surface area (Å²) in [5.41, 5.74) is 1.78. The van der Waals surface area contributed by atoms with Crippen molar-refractivity contribution in [3.63, 3.8) is 0 Å². The van der Waals surface area contributed by atoms with Crippen LogP contribution in [0, 0.1) is 6.92 Å². The molecule has 2 atom stereocenters. The maximum absolute atomic E-state index is 11.1. The van der Waals surface area contributed by atoms with Crippen LogP contribution in [-0.2, 0) is 0 Å². The van der Waals surface area contributed by atoms with E-state index in [4.69, 9.17) is 16.3 Å². The number of benzene rings is 1. The average Bonchev–Trinajstić information content (AvgIpc) is 2.68. The number of fused-ring (bicyclic) bond motifs is 1. The van der Waals surface area contributed by atoms with E-state index in [2.05, 4.69) is 26.7 Å². The number of aliphatic hydroxyl groups is 1. The number of nitrogens with zero attached hydrogens (tertiary/aromatic N) is 5. The number of ether oxygens (including phenoxy) is 1. The molecule has 1 aromatic heterocycles. The van der Waals surface area contributed by atoms with Gasteiger partial charge in [0.25, 0.3) is 0 Å². The molecular formula is C19H24ClN5O2. The van der Waals surface area contributed by atoms with Crippen molar-refractivity contribution in [3.8, 4) is 5.75 Å². The molecule has 2 unspecified atom stereocenters. The molecule has 7 nitrogen and oxygen atoms in total. The summed E-state index contributed by atoms with van der Waals surface area (Å²) in [5.74, 6) is 1.60. The standard InChI is InChI=1S/C19H24ClN5O2/c1-13-10-22-18(11-21-13)23-5-7-24(8-6-23)19(26)25-14(2)12-27-17-9-15(20)3-4-16(17)25/h3-4,9-11,14,19,26H,5-8,12H2,1-2H3. The van der Waals surface area contributed by atoms with Gasteiger partial charge in [-0.1, -0.05) is 11.6 Å². The molecule has 4 rings (SSSR count). The normalized spacial score (nSPS) is 21.6. The predicted molar refractivity (Wildman–Crippen MR) is 105 cm³/mol. The Hall–Kier alpha value is -2.09. The van der Waals surface area contributed by atoms with Crippen molar-refractivity contribution in [2.24, 2.45) is 0 Å². The molecule has 1 aromatic carbocycles. The van der Waals surface area contributed by atoms with Crippen LogP contribution in [0.15, 0.2) is 30.6 Å². The van der Waals surface area contributed by atoms with Crippen molar-refractivity contribution in [1.82, 2.24) is 14.9 Å². The van der Waals surface area contributed by atoms with Gasteiger partial charge in [-0.2, -0.15) is 0 Å². The molecule has 0 radical (unpaired) electrons. The van der Waals surface area contributed by atoms with Crippen LogP contribution in [0.4, 0.5) is 11.5 Å². The summed E-state index contributed by atoms with van der Waals surface area (Å²) < 4.78 is 5.79. The molecule has 144 valence electrons. The minimum absolute atomic E-state index is 0.0645. The van der Waals surface area contributed by atoms with Crippen LogP contribution in [0.3, 0.4) is 0 Å². The van der Waals surface area contributed by atoms with Crippen LogP contribution in [0.1, 0.15) is 12.6 Å². The number of aryl methyl sites for hydroxylation is 1. The molecule has 0 amide bonds. The zero-order chi connectivity index (χ0) is 19.0. The highest BCUT2D eigenvalue weighted by molar-refractivity contribution is 6.30. The van der Waals surface area contributed by atoms with Gasteiger partial charge >= 0.3 is 0 Å². The Bertz CT molecular complexity index is 795. The molecule has 3 heterocycles. The van der Waals surface area contributed by atoms with Gasteiger partial charge in [-0.25, -0.2) is 4.98 Å². The fourth-order valence-electron chi connectivity index (χ4n) is 3.60. The topological polar surface area (TPSA) is 65.0 Å². The van der Waals surface area contributed by atoms with E-state index in [1.807, 2.05) is 30.2 Å². The molecule has 2 aromatic rings. The number of rotatable bonds is 3. The molecule has 0 saturated carbocycles. The van der Waals surface area contributed by atoms with Crippen molar-refractivity contribution in [2.75, 3.05) is 42.6 Å². The molecule has 0 spiro atoms. The number of hydrogen-bond acceptors (Lipinski definition) is 7. The van der Waals surface area contributed by atoms with Gasteiger partial charge in [0.05, 0.1) is 29.8 Å². The molecule has 8 heteroatoms. The zero-order valence-electron chi connectivity index (χ0n) is 15.5. The van der Waals surface area contributed by atoms with Crippen molar-refractivity contribution in [2.45, 2.75) is 26.2 Å². The lowest BCUT2D eigenvalue weighted by Gasteiger charge is -2.46. The Morgan fingerprint density at radius 3 is 2.67 bits per heavy atom. The highest BCUT2D eigenvalue weighted by atomic mass is 35.5. The van der Waals surface area contributed by atoms with Gasteiger partial charge in [-0.15, -0.1) is 0 Å². The second-order valence-corrected chi connectivity index (χ2v) is 7.50. The third-order valence-corrected chi connectivity index (χ3v) is 5.37. The third-order valence-electron chi connectivity index (χ3n) is 5.14. The molecule has 27 heavy (non-hydrogen) atoms. The van der Waals surface area contributed by atoms with Crippen LogP contribution in [0.2, 0.25) is 5.02 Å². The quantitative estimate of drug-likeness (QED) is 0.862. The van der Waals surface area contributed by atoms with E-state index in [9.17, 15) is 5.11 Å². The van der Waals surface area contributed by atoms with E-state index in [1.54, 1.807) is 12.3 Å². The SMILES string of the molecule is Cc1cnc(N2CCN(C(O)N3c4ccc(Cl)cc4OCC3C)CC2)cn1. The third kappa shape index (κ3) is 3.67. The second-order valence-electron chi connectivity index (χ2n) is 7.06. The van der Waals surface area contributed by atoms with Crippen molar-refractivity contribution in [1.29, 1.82) is 0 Å². The Labute approximate surface area is 164 Å². The van der Waals surface area contributed by atoms with E-state index in [0.29, 0.717) is 17.4 Å². The minimum Gasteiger partial charge on any atom is -0.489 e. The first-order valence-corrected chi connectivity index (χ1v) is 9.57. The molecule has 0 aliphatic carbocycles. The fourth-order valence-corrected chi connectivity index (χ4v) is 3.77. The number of halogens is 1. The van der Waals surface area contributed by atoms with Crippen molar-refractivity contribution < 1.29 is 9.84 Å². The van der Waals surface area contributed by atoms with Gasteiger partial charge in [0.2, 0.25) is 0 Å². The first-order valence-electron chi connectivity index (χ1n) is 9.19. The zero-order valence-corrected chi connectivity index (χ0v) is 16.3. The van der Waals surface area contributed by atoms with Crippen LogP contribution in [0.25, 0.3) is 0 Å². The molecular weight excluding hydrogens is 366 g/mol. The smallest absolute Gasteiger partial charge is 0.187 e. The van der Waals surface area contributed by atoms with Gasteiger partial charge in [0, 0.05) is 37.3 Å². The predicted octanol–water partition coefficient (Wildman–Crippen LogP) is 2.12. The Kier molecular flexibility index (Phi) is 5.08. The number of aromatic nitrogens is 2. The van der Waals surface area contributed by atoms with E-state index in [1.165, 1.54) is 0 Å². The Morgan fingerprint density at radius 2 is 1.96 bits per heavy atom.